The summed E-state index contributed by atoms with van der Waals surface area (Å²) in [5.74, 6) is 1.74. The van der Waals surface area contributed by atoms with Crippen molar-refractivity contribution >= 4 is 22.3 Å². The third kappa shape index (κ3) is 4.35. The molecule has 0 bridgehead atoms. The van der Waals surface area contributed by atoms with Crippen LogP contribution in [0.15, 0.2) is 46.6 Å². The highest BCUT2D eigenvalue weighted by Gasteiger charge is 2.22. The summed E-state index contributed by atoms with van der Waals surface area (Å²) in [6.07, 6.45) is 4.47. The van der Waals surface area contributed by atoms with Crippen molar-refractivity contribution < 1.29 is 4.39 Å². The highest BCUT2D eigenvalue weighted by molar-refractivity contribution is 7.14. The van der Waals surface area contributed by atoms with E-state index in [1.54, 1.807) is 23.5 Å². The number of benzene rings is 1. The highest BCUT2D eigenvalue weighted by atomic mass is 32.1. The Labute approximate surface area is 170 Å². The molecule has 1 fully saturated rings. The average molecular weight is 402 g/mol. The molecule has 150 valence electrons. The van der Waals surface area contributed by atoms with Crippen LogP contribution < -0.4 is 4.90 Å². The van der Waals surface area contributed by atoms with Crippen LogP contribution in [0.2, 0.25) is 0 Å². The van der Waals surface area contributed by atoms with Crippen LogP contribution in [0.4, 0.5) is 9.52 Å². The van der Waals surface area contributed by atoms with Gasteiger partial charge in [0.25, 0.3) is 0 Å². The maximum absolute atomic E-state index is 13.2. The third-order valence-corrected chi connectivity index (χ3v) is 6.03. The van der Waals surface area contributed by atoms with Crippen molar-refractivity contribution in [3.8, 4) is 11.3 Å². The van der Waals surface area contributed by atoms with Gasteiger partial charge in [-0.1, -0.05) is 0 Å². The molecule has 1 saturated heterocycles. The van der Waals surface area contributed by atoms with E-state index in [0.29, 0.717) is 6.04 Å². The van der Waals surface area contributed by atoms with Gasteiger partial charge in [-0.25, -0.2) is 9.37 Å². The Kier molecular flexibility index (Phi) is 6.34. The minimum atomic E-state index is -0.241. The standard InChI is InChI=1S/C21H28FN5S/c1-6-20(26(5)24-16(3)27-13-7-8-15(27)2)25(4)21-23-19(14-28-21)17-9-11-18(22)12-10-17/h6,9-12,14-15H,7-8,13H2,1-5H3. The fraction of sp³-hybridized carbons (Fsp3) is 0.429. The minimum Gasteiger partial charge on any atom is -0.356 e. The summed E-state index contributed by atoms with van der Waals surface area (Å²) in [5.41, 5.74) is 1.75. The van der Waals surface area contributed by atoms with E-state index in [1.807, 2.05) is 42.4 Å². The first-order valence-corrected chi connectivity index (χ1v) is 10.5. The van der Waals surface area contributed by atoms with Crippen LogP contribution in [0.1, 0.15) is 33.6 Å². The van der Waals surface area contributed by atoms with Gasteiger partial charge in [-0.05, 0) is 64.0 Å². The number of rotatable bonds is 5. The smallest absolute Gasteiger partial charge is 0.191 e. The molecule has 1 aliphatic heterocycles. The first-order valence-electron chi connectivity index (χ1n) is 9.57. The predicted octanol–water partition coefficient (Wildman–Crippen LogP) is 5.00. The van der Waals surface area contributed by atoms with Crippen LogP contribution >= 0.6 is 11.3 Å². The van der Waals surface area contributed by atoms with Gasteiger partial charge in [0, 0.05) is 37.6 Å². The van der Waals surface area contributed by atoms with Crippen LogP contribution in [-0.2, 0) is 0 Å². The lowest BCUT2D eigenvalue weighted by atomic mass is 10.2. The fourth-order valence-electron chi connectivity index (χ4n) is 3.61. The van der Waals surface area contributed by atoms with Crippen molar-refractivity contribution in [1.29, 1.82) is 0 Å². The average Bonchev–Trinajstić information content (AvgIpc) is 3.32. The zero-order valence-corrected chi connectivity index (χ0v) is 18.0. The molecule has 1 aromatic heterocycles. The van der Waals surface area contributed by atoms with Crippen LogP contribution in [0.25, 0.3) is 11.3 Å². The Morgan fingerprint density at radius 3 is 2.64 bits per heavy atom. The molecule has 2 aromatic rings. The van der Waals surface area contributed by atoms with Crippen molar-refractivity contribution in [3.05, 3.63) is 47.4 Å². The van der Waals surface area contributed by atoms with Gasteiger partial charge < -0.3 is 9.80 Å². The molecule has 28 heavy (non-hydrogen) atoms. The van der Waals surface area contributed by atoms with E-state index >= 15 is 0 Å². The van der Waals surface area contributed by atoms with Gasteiger partial charge in [0.15, 0.2) is 5.13 Å². The molecule has 0 amide bonds. The monoisotopic (exact) mass is 401 g/mol. The van der Waals surface area contributed by atoms with Crippen molar-refractivity contribution in [1.82, 2.24) is 14.9 Å². The van der Waals surface area contributed by atoms with Crippen LogP contribution in [0, 0.1) is 5.82 Å². The number of nitrogens with zero attached hydrogens (tertiary/aromatic N) is 5. The number of likely N-dealkylation sites (tertiary alicyclic amines) is 1. The Balaban J connectivity index is 1.76. The zero-order chi connectivity index (χ0) is 20.3. The largest absolute Gasteiger partial charge is 0.356 e. The molecule has 5 nitrogen and oxygen atoms in total. The highest BCUT2D eigenvalue weighted by Crippen LogP contribution is 2.29. The molecule has 0 N–H and O–H groups in total. The van der Waals surface area contributed by atoms with Gasteiger partial charge in [-0.2, -0.15) is 5.10 Å². The molecule has 2 heterocycles. The Hall–Kier alpha value is -2.41. The molecule has 0 spiro atoms. The van der Waals surface area contributed by atoms with E-state index in [9.17, 15) is 4.39 Å². The summed E-state index contributed by atoms with van der Waals surface area (Å²) in [5, 5.41) is 9.56. The van der Waals surface area contributed by atoms with E-state index in [-0.39, 0.29) is 5.82 Å². The lowest BCUT2D eigenvalue weighted by Crippen LogP contribution is -2.35. The molecule has 7 heteroatoms. The third-order valence-electron chi connectivity index (χ3n) is 5.12. The number of hydrogen-bond acceptors (Lipinski definition) is 5. The summed E-state index contributed by atoms with van der Waals surface area (Å²) in [6, 6.07) is 6.96. The summed E-state index contributed by atoms with van der Waals surface area (Å²) in [4.78, 5) is 9.12. The van der Waals surface area contributed by atoms with Gasteiger partial charge in [-0.15, -0.1) is 11.3 Å². The Bertz CT molecular complexity index is 858. The number of halogens is 1. The minimum absolute atomic E-state index is 0.241. The molecule has 1 atom stereocenters. The van der Waals surface area contributed by atoms with Gasteiger partial charge in [-0.3, -0.25) is 5.01 Å². The Morgan fingerprint density at radius 2 is 2.04 bits per heavy atom. The first-order chi connectivity index (χ1) is 13.4. The summed E-state index contributed by atoms with van der Waals surface area (Å²) in [6.45, 7) is 7.39. The number of allylic oxidation sites excluding steroid dienone is 1. The molecule has 0 saturated carbocycles. The number of aromatic nitrogens is 1. The Morgan fingerprint density at radius 1 is 1.32 bits per heavy atom. The molecule has 1 aromatic carbocycles. The lowest BCUT2D eigenvalue weighted by Gasteiger charge is -2.29. The zero-order valence-electron chi connectivity index (χ0n) is 17.2. The molecule has 1 aliphatic rings. The second-order valence-electron chi connectivity index (χ2n) is 7.08. The maximum atomic E-state index is 13.2. The van der Waals surface area contributed by atoms with Crippen LogP contribution in [-0.4, -0.2) is 47.4 Å². The first kappa shape index (κ1) is 20.3. The number of hydrazone groups is 1. The molecule has 0 radical (unpaired) electrons. The van der Waals surface area contributed by atoms with Crippen molar-refractivity contribution in [2.24, 2.45) is 5.10 Å². The van der Waals surface area contributed by atoms with E-state index < -0.39 is 0 Å². The van der Waals surface area contributed by atoms with Gasteiger partial charge >= 0.3 is 0 Å². The van der Waals surface area contributed by atoms with E-state index in [2.05, 4.69) is 18.7 Å². The van der Waals surface area contributed by atoms with Gasteiger partial charge in [0.05, 0.1) is 5.69 Å². The predicted molar refractivity (Wildman–Crippen MR) is 116 cm³/mol. The van der Waals surface area contributed by atoms with Crippen molar-refractivity contribution in [3.63, 3.8) is 0 Å². The second-order valence-corrected chi connectivity index (χ2v) is 7.92. The van der Waals surface area contributed by atoms with Crippen LogP contribution in [0.5, 0.6) is 0 Å². The summed E-state index contributed by atoms with van der Waals surface area (Å²) >= 11 is 1.56. The molecule has 3 rings (SSSR count). The summed E-state index contributed by atoms with van der Waals surface area (Å²) < 4.78 is 13.2. The summed E-state index contributed by atoms with van der Waals surface area (Å²) in [7, 11) is 3.95. The van der Waals surface area contributed by atoms with E-state index in [0.717, 1.165) is 34.6 Å². The SMILES string of the molecule is CC=C(N(C)N=C(C)N1CCCC1C)N(C)c1nc(-c2ccc(F)cc2)cs1. The molecule has 0 aliphatic carbocycles. The number of thiazole rings is 1. The second kappa shape index (κ2) is 8.73. The quantitative estimate of drug-likeness (QED) is 0.401. The number of hydrogen-bond donors (Lipinski definition) is 0. The normalized spacial score (nSPS) is 17.9. The molecular weight excluding hydrogens is 373 g/mol. The lowest BCUT2D eigenvalue weighted by molar-refractivity contribution is 0.376. The van der Waals surface area contributed by atoms with E-state index in [1.165, 1.54) is 25.0 Å². The number of amidine groups is 1. The maximum Gasteiger partial charge on any atom is 0.191 e. The van der Waals surface area contributed by atoms with Gasteiger partial charge in [0.1, 0.15) is 17.5 Å². The van der Waals surface area contributed by atoms with Gasteiger partial charge in [0.2, 0.25) is 0 Å². The molecular formula is C21H28FN5S. The topological polar surface area (TPSA) is 35.0 Å². The van der Waals surface area contributed by atoms with Crippen LogP contribution in [0.3, 0.4) is 0 Å². The van der Waals surface area contributed by atoms with E-state index in [4.69, 9.17) is 10.1 Å². The van der Waals surface area contributed by atoms with Crippen molar-refractivity contribution in [2.45, 2.75) is 39.7 Å². The molecule has 1 unspecified atom stereocenters. The fourth-order valence-corrected chi connectivity index (χ4v) is 4.42. The number of anilines is 1. The van der Waals surface area contributed by atoms with Crippen molar-refractivity contribution in [2.75, 3.05) is 25.5 Å².